The number of hydrogen-bond acceptors (Lipinski definition) is 9. The fourth-order valence-corrected chi connectivity index (χ4v) is 6.76. The van der Waals surface area contributed by atoms with Gasteiger partial charge in [0.25, 0.3) is 0 Å². The monoisotopic (exact) mass is 755 g/mol. The third-order valence-electron chi connectivity index (χ3n) is 8.10. The highest BCUT2D eigenvalue weighted by Crippen LogP contribution is 2.30. The Morgan fingerprint density at radius 2 is 0.961 bits per heavy atom. The van der Waals surface area contributed by atoms with Crippen molar-refractivity contribution < 1.29 is 23.8 Å². The molecule has 0 atom stereocenters. The van der Waals surface area contributed by atoms with Crippen LogP contribution in [0.1, 0.15) is 38.8 Å². The van der Waals surface area contributed by atoms with Gasteiger partial charge in [-0.05, 0) is 99.6 Å². The van der Waals surface area contributed by atoms with Crippen LogP contribution in [0.5, 0.6) is 17.2 Å². The number of ether oxygens (including phenoxy) is 3. The molecule has 3 aromatic rings. The van der Waals surface area contributed by atoms with Crippen molar-refractivity contribution in [3.63, 3.8) is 0 Å². The number of thioether (sulfide) groups is 2. The first-order valence-electron chi connectivity index (χ1n) is 16.9. The molecule has 2 amide bonds. The highest BCUT2D eigenvalue weighted by Gasteiger charge is 2.29. The molecule has 278 valence electrons. The van der Waals surface area contributed by atoms with E-state index >= 15 is 0 Å². The van der Waals surface area contributed by atoms with E-state index in [2.05, 4.69) is 26.2 Å². The zero-order valence-corrected chi connectivity index (χ0v) is 33.2. The number of nitrogens with one attached hydrogen (secondary N) is 4. The lowest BCUT2D eigenvalue weighted by molar-refractivity contribution is -0.123. The second kappa shape index (κ2) is 21.0. The minimum Gasteiger partial charge on any atom is -0.497 e. The van der Waals surface area contributed by atoms with Crippen LogP contribution in [0.4, 0.5) is 5.69 Å². The van der Waals surface area contributed by atoms with Gasteiger partial charge >= 0.3 is 0 Å². The fraction of sp³-hybridized carbons (Fsp3) is 0.447. The van der Waals surface area contributed by atoms with E-state index < -0.39 is 9.49 Å². The Balaban J connectivity index is 1.51. The number of anilines is 1. The molecule has 0 aliphatic heterocycles. The molecule has 0 saturated heterocycles. The van der Waals surface area contributed by atoms with E-state index in [9.17, 15) is 9.59 Å². The SMILES string of the molecule is COc1ccc(CSC(C)(C)C(=O)NCCN(CCNC(=O)C(C)(C)SCc2ccc(OC)cc2)CCNC(=S)Nc2ccc(OC)cc2)cc1. The largest absolute Gasteiger partial charge is 0.497 e. The molecule has 0 heterocycles. The van der Waals surface area contributed by atoms with Gasteiger partial charge in [0, 0.05) is 56.5 Å². The summed E-state index contributed by atoms with van der Waals surface area (Å²) < 4.78 is 14.5. The number of carbonyl (C=O) groups excluding carboxylic acids is 2. The molecular formula is C38H53N5O5S3. The molecule has 51 heavy (non-hydrogen) atoms. The van der Waals surface area contributed by atoms with Crippen LogP contribution in [0.2, 0.25) is 0 Å². The first kappa shape index (κ1) is 41.8. The molecule has 0 aliphatic carbocycles. The molecule has 0 unspecified atom stereocenters. The van der Waals surface area contributed by atoms with Crippen molar-refractivity contribution in [3.8, 4) is 17.2 Å². The van der Waals surface area contributed by atoms with Crippen molar-refractivity contribution in [1.82, 2.24) is 20.9 Å². The first-order chi connectivity index (χ1) is 24.3. The van der Waals surface area contributed by atoms with Crippen LogP contribution in [0.3, 0.4) is 0 Å². The lowest BCUT2D eigenvalue weighted by Gasteiger charge is -2.27. The summed E-state index contributed by atoms with van der Waals surface area (Å²) in [5.41, 5.74) is 3.11. The van der Waals surface area contributed by atoms with Gasteiger partial charge in [-0.2, -0.15) is 0 Å². The summed E-state index contributed by atoms with van der Waals surface area (Å²) in [6.45, 7) is 11.2. The second-order valence-electron chi connectivity index (χ2n) is 12.8. The van der Waals surface area contributed by atoms with Gasteiger partial charge in [0.1, 0.15) is 17.2 Å². The van der Waals surface area contributed by atoms with Gasteiger partial charge in [-0.1, -0.05) is 24.3 Å². The van der Waals surface area contributed by atoms with Gasteiger partial charge in [-0.3, -0.25) is 14.5 Å². The molecular weight excluding hydrogens is 703 g/mol. The topological polar surface area (TPSA) is 113 Å². The van der Waals surface area contributed by atoms with E-state index in [1.54, 1.807) is 44.9 Å². The zero-order chi connectivity index (χ0) is 37.3. The summed E-state index contributed by atoms with van der Waals surface area (Å²) in [4.78, 5) is 28.6. The van der Waals surface area contributed by atoms with E-state index in [1.165, 1.54) is 0 Å². The number of thiocarbonyl (C=S) groups is 1. The number of rotatable bonds is 21. The summed E-state index contributed by atoms with van der Waals surface area (Å²) >= 11 is 8.71. The van der Waals surface area contributed by atoms with E-state index in [-0.39, 0.29) is 11.8 Å². The summed E-state index contributed by atoms with van der Waals surface area (Å²) in [5, 5.41) is 13.2. The molecule has 13 heteroatoms. The molecule has 10 nitrogen and oxygen atoms in total. The van der Waals surface area contributed by atoms with Crippen molar-refractivity contribution in [2.24, 2.45) is 0 Å². The molecule has 3 aromatic carbocycles. The van der Waals surface area contributed by atoms with Gasteiger partial charge in [0.15, 0.2) is 5.11 Å². The van der Waals surface area contributed by atoms with E-state index in [1.807, 2.05) is 100 Å². The van der Waals surface area contributed by atoms with Crippen LogP contribution < -0.4 is 35.5 Å². The van der Waals surface area contributed by atoms with E-state index in [0.29, 0.717) is 55.9 Å². The normalized spacial score (nSPS) is 11.5. The molecule has 4 N–H and O–H groups in total. The Labute approximate surface area is 317 Å². The number of carbonyl (C=O) groups is 2. The first-order valence-corrected chi connectivity index (χ1v) is 19.2. The molecule has 0 fully saturated rings. The number of methoxy groups -OCH3 is 3. The summed E-state index contributed by atoms with van der Waals surface area (Å²) in [6.07, 6.45) is 0. The average molecular weight is 756 g/mol. The standard InChI is InChI=1S/C38H53N5O5S3/c1-37(2,50-26-28-8-14-31(46-5)15-9-28)34(44)39-20-23-43(25-22-41-36(49)42-30-12-18-33(48-7)19-13-30)24-21-40-35(45)38(3,4)51-27-29-10-16-32(47-6)17-11-29/h8-19H,20-27H2,1-7H3,(H,39,44)(H,40,45)(H2,41,42,49). The van der Waals surface area contributed by atoms with Crippen LogP contribution >= 0.6 is 35.7 Å². The molecule has 0 aliphatic rings. The van der Waals surface area contributed by atoms with Crippen molar-refractivity contribution in [2.75, 3.05) is 65.9 Å². The van der Waals surface area contributed by atoms with E-state index in [0.717, 1.165) is 34.1 Å². The predicted molar refractivity (Wildman–Crippen MR) is 216 cm³/mol. The minimum atomic E-state index is -0.616. The van der Waals surface area contributed by atoms with Crippen LogP contribution in [-0.4, -0.2) is 91.9 Å². The highest BCUT2D eigenvalue weighted by molar-refractivity contribution is 8.00. The van der Waals surface area contributed by atoms with Gasteiger partial charge in [-0.15, -0.1) is 23.5 Å². The number of hydrogen-bond donors (Lipinski definition) is 4. The number of benzene rings is 3. The summed E-state index contributed by atoms with van der Waals surface area (Å²) in [6, 6.07) is 23.3. The third kappa shape index (κ3) is 14.9. The molecule has 0 saturated carbocycles. The molecule has 0 bridgehead atoms. The molecule has 0 aromatic heterocycles. The van der Waals surface area contributed by atoms with Crippen LogP contribution in [0.25, 0.3) is 0 Å². The summed E-state index contributed by atoms with van der Waals surface area (Å²) in [5.74, 6) is 3.77. The van der Waals surface area contributed by atoms with Crippen LogP contribution in [-0.2, 0) is 21.1 Å². The maximum Gasteiger partial charge on any atom is 0.235 e. The second-order valence-corrected chi connectivity index (χ2v) is 16.4. The van der Waals surface area contributed by atoms with Gasteiger partial charge in [-0.25, -0.2) is 0 Å². The zero-order valence-electron chi connectivity index (χ0n) is 30.8. The third-order valence-corrected chi connectivity index (χ3v) is 11.1. The maximum absolute atomic E-state index is 13.2. The lowest BCUT2D eigenvalue weighted by Crippen LogP contribution is -2.47. The van der Waals surface area contributed by atoms with Crippen LogP contribution in [0, 0.1) is 0 Å². The Morgan fingerprint density at radius 1 is 0.608 bits per heavy atom. The van der Waals surface area contributed by atoms with Gasteiger partial charge in [0.05, 0.1) is 30.8 Å². The smallest absolute Gasteiger partial charge is 0.235 e. The number of nitrogens with zero attached hydrogens (tertiary/aromatic N) is 1. The summed E-state index contributed by atoms with van der Waals surface area (Å²) in [7, 11) is 4.92. The van der Waals surface area contributed by atoms with Crippen LogP contribution in [0.15, 0.2) is 72.8 Å². The predicted octanol–water partition coefficient (Wildman–Crippen LogP) is 5.96. The average Bonchev–Trinajstić information content (AvgIpc) is 3.13. The molecule has 0 radical (unpaired) electrons. The number of amides is 2. The molecule has 3 rings (SSSR count). The lowest BCUT2D eigenvalue weighted by atomic mass is 10.2. The van der Waals surface area contributed by atoms with Crippen molar-refractivity contribution >= 4 is 58.4 Å². The minimum absolute atomic E-state index is 0.0205. The van der Waals surface area contributed by atoms with Crippen molar-refractivity contribution in [2.45, 2.75) is 48.7 Å². The van der Waals surface area contributed by atoms with Crippen molar-refractivity contribution in [1.29, 1.82) is 0 Å². The van der Waals surface area contributed by atoms with Crippen molar-refractivity contribution in [3.05, 3.63) is 83.9 Å². The Kier molecular flexibility index (Phi) is 17.2. The molecule has 0 spiro atoms. The van der Waals surface area contributed by atoms with Gasteiger partial charge < -0.3 is 35.5 Å². The van der Waals surface area contributed by atoms with E-state index in [4.69, 9.17) is 26.4 Å². The maximum atomic E-state index is 13.2. The fourth-order valence-electron chi connectivity index (χ4n) is 4.70. The Morgan fingerprint density at radius 3 is 1.33 bits per heavy atom. The quantitative estimate of drug-likeness (QED) is 0.0968. The van der Waals surface area contributed by atoms with Gasteiger partial charge in [0.2, 0.25) is 11.8 Å². The Bertz CT molecular complexity index is 1440. The highest BCUT2D eigenvalue weighted by atomic mass is 32.2. The Hall–Kier alpha value is -3.65.